The number of rotatable bonds is 1. The minimum atomic E-state index is -0.948. The normalized spacial score (nSPS) is 26.6. The third-order valence-electron chi connectivity index (χ3n) is 3.27. The van der Waals surface area contributed by atoms with E-state index in [1.807, 2.05) is 0 Å². The Morgan fingerprint density at radius 3 is 2.56 bits per heavy atom. The molecule has 2 heterocycles. The van der Waals surface area contributed by atoms with Crippen LogP contribution in [-0.2, 0) is 9.59 Å². The lowest BCUT2D eigenvalue weighted by Crippen LogP contribution is -2.38. The van der Waals surface area contributed by atoms with E-state index < -0.39 is 5.54 Å². The average molecular weight is 264 g/mol. The molecule has 5 nitrogen and oxygen atoms in total. The Labute approximate surface area is 108 Å². The first-order chi connectivity index (χ1) is 8.62. The van der Waals surface area contributed by atoms with Crippen molar-refractivity contribution in [2.75, 3.05) is 11.4 Å². The zero-order valence-corrected chi connectivity index (χ0v) is 10.2. The Balaban J connectivity index is 1.98. The number of carbonyl (C=O) groups is 2. The predicted molar refractivity (Wildman–Crippen MR) is 65.6 cm³/mol. The minimum Gasteiger partial charge on any atom is -0.274 e. The molecule has 0 saturated carbocycles. The molecule has 6 heteroatoms. The summed E-state index contributed by atoms with van der Waals surface area (Å²) in [6.07, 6.45) is 0.625. The Morgan fingerprint density at radius 2 is 1.94 bits per heavy atom. The lowest BCUT2D eigenvalue weighted by molar-refractivity contribution is -0.122. The summed E-state index contributed by atoms with van der Waals surface area (Å²) in [5, 5.41) is 8.39. The van der Waals surface area contributed by atoms with Gasteiger partial charge in [0.1, 0.15) is 0 Å². The first-order valence-electron chi connectivity index (χ1n) is 5.64. The second-order valence-corrected chi connectivity index (χ2v) is 4.87. The number of anilines is 1. The van der Waals surface area contributed by atoms with E-state index in [1.165, 1.54) is 4.90 Å². The summed E-state index contributed by atoms with van der Waals surface area (Å²) in [5.41, 5.74) is -0.412. The molecule has 18 heavy (non-hydrogen) atoms. The second kappa shape index (κ2) is 3.88. The van der Waals surface area contributed by atoms with Crippen molar-refractivity contribution in [2.45, 2.75) is 18.4 Å². The SMILES string of the molecule is O=C1C[C@]2(CCN=N2)C(=O)N1c1ccc(Cl)cc1. The summed E-state index contributed by atoms with van der Waals surface area (Å²) in [4.78, 5) is 25.5. The van der Waals surface area contributed by atoms with Gasteiger partial charge in [-0.15, -0.1) is 0 Å². The lowest BCUT2D eigenvalue weighted by atomic mass is 9.96. The van der Waals surface area contributed by atoms with Gasteiger partial charge in [0, 0.05) is 11.4 Å². The van der Waals surface area contributed by atoms with Gasteiger partial charge < -0.3 is 0 Å². The Hall–Kier alpha value is -1.75. The summed E-state index contributed by atoms with van der Waals surface area (Å²) in [5.74, 6) is -0.515. The Bertz CT molecular complexity index is 555. The number of imide groups is 1. The van der Waals surface area contributed by atoms with Crippen LogP contribution < -0.4 is 4.90 Å². The fourth-order valence-corrected chi connectivity index (χ4v) is 2.45. The number of azo groups is 1. The van der Waals surface area contributed by atoms with E-state index in [2.05, 4.69) is 10.2 Å². The van der Waals surface area contributed by atoms with Gasteiger partial charge >= 0.3 is 0 Å². The molecule has 2 aliphatic heterocycles. The average Bonchev–Trinajstić information content (AvgIpc) is 2.89. The molecular weight excluding hydrogens is 254 g/mol. The molecule has 1 aromatic rings. The molecule has 1 fully saturated rings. The highest BCUT2D eigenvalue weighted by atomic mass is 35.5. The van der Waals surface area contributed by atoms with Crippen molar-refractivity contribution in [3.63, 3.8) is 0 Å². The highest BCUT2D eigenvalue weighted by molar-refractivity contribution is 6.31. The number of amides is 2. The summed E-state index contributed by atoms with van der Waals surface area (Å²) in [6.45, 7) is 0.507. The maximum Gasteiger partial charge on any atom is 0.264 e. The Morgan fingerprint density at radius 1 is 1.22 bits per heavy atom. The minimum absolute atomic E-state index is 0.109. The topological polar surface area (TPSA) is 62.1 Å². The number of halogens is 1. The Kier molecular flexibility index (Phi) is 2.45. The summed E-state index contributed by atoms with van der Waals surface area (Å²) >= 11 is 5.79. The molecule has 1 spiro atoms. The maximum absolute atomic E-state index is 12.3. The van der Waals surface area contributed by atoms with E-state index in [9.17, 15) is 9.59 Å². The van der Waals surface area contributed by atoms with E-state index >= 15 is 0 Å². The molecule has 3 rings (SSSR count). The molecule has 0 aliphatic carbocycles. The first kappa shape index (κ1) is 11.3. The highest BCUT2D eigenvalue weighted by Gasteiger charge is 2.54. The van der Waals surface area contributed by atoms with Crippen LogP contribution in [0.5, 0.6) is 0 Å². The van der Waals surface area contributed by atoms with Crippen molar-refractivity contribution in [2.24, 2.45) is 10.2 Å². The molecule has 2 amide bonds. The van der Waals surface area contributed by atoms with Crippen LogP contribution in [0.3, 0.4) is 0 Å². The zero-order valence-electron chi connectivity index (χ0n) is 9.47. The predicted octanol–water partition coefficient (Wildman–Crippen LogP) is 2.20. The number of carbonyl (C=O) groups excluding carboxylic acids is 2. The molecule has 0 unspecified atom stereocenters. The number of benzene rings is 1. The van der Waals surface area contributed by atoms with Gasteiger partial charge in [0.15, 0.2) is 5.54 Å². The van der Waals surface area contributed by atoms with E-state index in [4.69, 9.17) is 11.6 Å². The molecular formula is C12H10ClN3O2. The smallest absolute Gasteiger partial charge is 0.264 e. The van der Waals surface area contributed by atoms with Crippen LogP contribution in [-0.4, -0.2) is 23.9 Å². The van der Waals surface area contributed by atoms with Gasteiger partial charge in [0.25, 0.3) is 5.91 Å². The fourth-order valence-electron chi connectivity index (χ4n) is 2.32. The molecule has 0 bridgehead atoms. The van der Waals surface area contributed by atoms with Crippen LogP contribution in [0.4, 0.5) is 5.69 Å². The molecule has 0 radical (unpaired) electrons. The summed E-state index contributed by atoms with van der Waals surface area (Å²) in [6, 6.07) is 6.61. The standard InChI is InChI=1S/C12H10ClN3O2/c13-8-1-3-9(4-2-8)16-10(17)7-12(11(16)18)5-6-14-15-12/h1-4H,5-7H2/t12-/m1/s1. The zero-order chi connectivity index (χ0) is 12.8. The third kappa shape index (κ3) is 1.54. The van der Waals surface area contributed by atoms with E-state index in [0.717, 1.165) is 0 Å². The third-order valence-corrected chi connectivity index (χ3v) is 3.52. The van der Waals surface area contributed by atoms with E-state index in [0.29, 0.717) is 23.7 Å². The van der Waals surface area contributed by atoms with Crippen LogP contribution in [0.1, 0.15) is 12.8 Å². The van der Waals surface area contributed by atoms with E-state index in [1.54, 1.807) is 24.3 Å². The lowest BCUT2D eigenvalue weighted by Gasteiger charge is -2.17. The highest BCUT2D eigenvalue weighted by Crippen LogP contribution is 2.37. The van der Waals surface area contributed by atoms with Gasteiger partial charge in [-0.2, -0.15) is 10.2 Å². The van der Waals surface area contributed by atoms with Gasteiger partial charge in [0.2, 0.25) is 5.91 Å². The van der Waals surface area contributed by atoms with Crippen LogP contribution in [0.15, 0.2) is 34.5 Å². The number of nitrogens with zero attached hydrogens (tertiary/aromatic N) is 3. The van der Waals surface area contributed by atoms with Crippen LogP contribution in [0.25, 0.3) is 0 Å². The molecule has 92 valence electrons. The van der Waals surface area contributed by atoms with Crippen molar-refractivity contribution in [3.05, 3.63) is 29.3 Å². The first-order valence-corrected chi connectivity index (χ1v) is 6.02. The van der Waals surface area contributed by atoms with Gasteiger partial charge in [-0.25, -0.2) is 4.90 Å². The van der Waals surface area contributed by atoms with Crippen molar-refractivity contribution >= 4 is 29.1 Å². The number of hydrogen-bond donors (Lipinski definition) is 0. The molecule has 2 aliphatic rings. The van der Waals surface area contributed by atoms with Crippen LogP contribution in [0.2, 0.25) is 5.02 Å². The van der Waals surface area contributed by atoms with Crippen molar-refractivity contribution in [1.82, 2.24) is 0 Å². The van der Waals surface area contributed by atoms with Gasteiger partial charge in [-0.05, 0) is 24.3 Å². The van der Waals surface area contributed by atoms with Gasteiger partial charge in [-0.3, -0.25) is 9.59 Å². The van der Waals surface area contributed by atoms with Gasteiger partial charge in [0.05, 0.1) is 18.7 Å². The summed E-state index contributed by atoms with van der Waals surface area (Å²) in [7, 11) is 0. The van der Waals surface area contributed by atoms with Crippen LogP contribution in [0, 0.1) is 0 Å². The van der Waals surface area contributed by atoms with E-state index in [-0.39, 0.29) is 18.2 Å². The molecule has 1 atom stereocenters. The largest absolute Gasteiger partial charge is 0.274 e. The van der Waals surface area contributed by atoms with Crippen LogP contribution >= 0.6 is 11.6 Å². The number of hydrogen-bond acceptors (Lipinski definition) is 4. The second-order valence-electron chi connectivity index (χ2n) is 4.43. The van der Waals surface area contributed by atoms with Gasteiger partial charge in [-0.1, -0.05) is 11.6 Å². The monoisotopic (exact) mass is 263 g/mol. The maximum atomic E-state index is 12.3. The quantitative estimate of drug-likeness (QED) is 0.729. The molecule has 1 aromatic carbocycles. The fraction of sp³-hybridized carbons (Fsp3) is 0.333. The molecule has 0 aromatic heterocycles. The molecule has 0 N–H and O–H groups in total. The summed E-state index contributed by atoms with van der Waals surface area (Å²) < 4.78 is 0. The van der Waals surface area contributed by atoms with Crippen molar-refractivity contribution in [3.8, 4) is 0 Å². The molecule has 1 saturated heterocycles. The van der Waals surface area contributed by atoms with Crippen molar-refractivity contribution < 1.29 is 9.59 Å². The van der Waals surface area contributed by atoms with Crippen molar-refractivity contribution in [1.29, 1.82) is 0 Å².